The third-order valence-electron chi connectivity index (χ3n) is 5.88. The number of hydrogen-bond acceptors (Lipinski definition) is 3. The van der Waals surface area contributed by atoms with Crippen LogP contribution >= 0.6 is 0 Å². The zero-order chi connectivity index (χ0) is 17.8. The minimum Gasteiger partial charge on any atom is -0.338 e. The first-order valence-electron chi connectivity index (χ1n) is 9.71. The molecule has 0 aliphatic carbocycles. The van der Waals surface area contributed by atoms with E-state index in [0.29, 0.717) is 30.7 Å². The summed E-state index contributed by atoms with van der Waals surface area (Å²) in [6, 6.07) is 14.7. The Balaban J connectivity index is 1.37. The highest BCUT2D eigenvalue weighted by atomic mass is 16.2. The lowest BCUT2D eigenvalue weighted by atomic mass is 9.82. The van der Waals surface area contributed by atoms with Gasteiger partial charge in [0.15, 0.2) is 0 Å². The van der Waals surface area contributed by atoms with E-state index in [2.05, 4.69) is 46.3 Å². The number of likely N-dealkylation sites (tertiary alicyclic amines) is 2. The van der Waals surface area contributed by atoms with Crippen LogP contribution in [-0.2, 0) is 17.9 Å². The standard InChI is InChI=1S/C22H27N3O/c26-22-13-20-8-11-24(15-18-5-2-1-3-6-18)17-21(20)9-12-25(22)16-19-7-4-10-23-14-19/h1-7,10,14,20-21H,8-9,11-13,15-17H2/t20-,21-/m0/s1. The quantitative estimate of drug-likeness (QED) is 0.849. The molecule has 0 spiro atoms. The molecule has 3 heterocycles. The van der Waals surface area contributed by atoms with E-state index in [1.807, 2.05) is 17.2 Å². The van der Waals surface area contributed by atoms with Crippen molar-refractivity contribution >= 4 is 5.91 Å². The normalized spacial score (nSPS) is 24.2. The Morgan fingerprint density at radius 1 is 0.923 bits per heavy atom. The number of carbonyl (C=O) groups is 1. The van der Waals surface area contributed by atoms with Gasteiger partial charge in [-0.3, -0.25) is 14.7 Å². The second-order valence-corrected chi connectivity index (χ2v) is 7.70. The summed E-state index contributed by atoms with van der Waals surface area (Å²) in [5.41, 5.74) is 2.50. The van der Waals surface area contributed by atoms with Crippen molar-refractivity contribution in [2.75, 3.05) is 19.6 Å². The molecule has 26 heavy (non-hydrogen) atoms. The van der Waals surface area contributed by atoms with Crippen molar-refractivity contribution in [3.8, 4) is 0 Å². The number of aromatic nitrogens is 1. The molecule has 1 amide bonds. The minimum absolute atomic E-state index is 0.317. The molecule has 0 saturated carbocycles. The highest BCUT2D eigenvalue weighted by Crippen LogP contribution is 2.33. The average Bonchev–Trinajstić information content (AvgIpc) is 2.82. The van der Waals surface area contributed by atoms with Crippen LogP contribution in [0.25, 0.3) is 0 Å². The lowest BCUT2D eigenvalue weighted by molar-refractivity contribution is -0.132. The zero-order valence-corrected chi connectivity index (χ0v) is 15.3. The van der Waals surface area contributed by atoms with E-state index in [1.54, 1.807) is 6.20 Å². The van der Waals surface area contributed by atoms with Crippen LogP contribution in [0.1, 0.15) is 30.4 Å². The molecule has 0 bridgehead atoms. The van der Waals surface area contributed by atoms with Crippen molar-refractivity contribution in [1.29, 1.82) is 0 Å². The molecule has 2 atom stereocenters. The molecule has 1 aromatic carbocycles. The molecule has 2 aromatic rings. The predicted molar refractivity (Wildman–Crippen MR) is 102 cm³/mol. The Hall–Kier alpha value is -2.20. The van der Waals surface area contributed by atoms with Gasteiger partial charge in [0.05, 0.1) is 0 Å². The van der Waals surface area contributed by atoms with Crippen molar-refractivity contribution in [3.63, 3.8) is 0 Å². The molecule has 4 nitrogen and oxygen atoms in total. The molecule has 0 radical (unpaired) electrons. The molecule has 2 saturated heterocycles. The maximum Gasteiger partial charge on any atom is 0.223 e. The fraction of sp³-hybridized carbons (Fsp3) is 0.455. The van der Waals surface area contributed by atoms with Gasteiger partial charge in [-0.05, 0) is 48.4 Å². The van der Waals surface area contributed by atoms with E-state index in [0.717, 1.165) is 44.6 Å². The minimum atomic E-state index is 0.317. The van der Waals surface area contributed by atoms with Gasteiger partial charge in [-0.15, -0.1) is 0 Å². The van der Waals surface area contributed by atoms with Gasteiger partial charge < -0.3 is 4.90 Å². The molecule has 4 rings (SSSR count). The van der Waals surface area contributed by atoms with Gasteiger partial charge in [0.1, 0.15) is 0 Å². The second kappa shape index (κ2) is 8.00. The summed E-state index contributed by atoms with van der Waals surface area (Å²) in [6.45, 7) is 4.81. The summed E-state index contributed by atoms with van der Waals surface area (Å²) in [5, 5.41) is 0. The number of amides is 1. The summed E-state index contributed by atoms with van der Waals surface area (Å²) in [4.78, 5) is 21.5. The lowest BCUT2D eigenvalue weighted by Gasteiger charge is -2.37. The van der Waals surface area contributed by atoms with Crippen molar-refractivity contribution < 1.29 is 4.79 Å². The summed E-state index contributed by atoms with van der Waals surface area (Å²) in [7, 11) is 0. The Labute approximate surface area is 155 Å². The number of hydrogen-bond donors (Lipinski definition) is 0. The van der Waals surface area contributed by atoms with Gasteiger partial charge >= 0.3 is 0 Å². The first-order valence-corrected chi connectivity index (χ1v) is 9.71. The molecule has 2 fully saturated rings. The van der Waals surface area contributed by atoms with Crippen LogP contribution in [0.5, 0.6) is 0 Å². The first-order chi connectivity index (χ1) is 12.8. The molecule has 136 valence electrons. The SMILES string of the molecule is O=C1C[C@@H]2CCN(Cc3ccccc3)C[C@@H]2CCN1Cc1cccnc1. The van der Waals surface area contributed by atoms with E-state index < -0.39 is 0 Å². The van der Waals surface area contributed by atoms with Gasteiger partial charge in [0, 0.05) is 45.0 Å². The molecule has 2 aliphatic rings. The van der Waals surface area contributed by atoms with E-state index in [9.17, 15) is 4.79 Å². The van der Waals surface area contributed by atoms with Gasteiger partial charge in [0.2, 0.25) is 5.91 Å². The molecular weight excluding hydrogens is 322 g/mol. The summed E-state index contributed by atoms with van der Waals surface area (Å²) in [5.74, 6) is 1.50. The molecule has 0 N–H and O–H groups in total. The maximum atomic E-state index is 12.7. The van der Waals surface area contributed by atoms with E-state index in [1.165, 1.54) is 5.56 Å². The third kappa shape index (κ3) is 4.13. The smallest absolute Gasteiger partial charge is 0.223 e. The number of benzene rings is 1. The number of rotatable bonds is 4. The lowest BCUT2D eigenvalue weighted by Crippen LogP contribution is -2.40. The average molecular weight is 349 g/mol. The fourth-order valence-corrected chi connectivity index (χ4v) is 4.42. The van der Waals surface area contributed by atoms with Crippen LogP contribution < -0.4 is 0 Å². The summed E-state index contributed by atoms with van der Waals surface area (Å²) < 4.78 is 0. The Morgan fingerprint density at radius 3 is 2.54 bits per heavy atom. The summed E-state index contributed by atoms with van der Waals surface area (Å²) in [6.07, 6.45) is 6.62. The largest absolute Gasteiger partial charge is 0.338 e. The van der Waals surface area contributed by atoms with Crippen LogP contribution in [0.15, 0.2) is 54.9 Å². The van der Waals surface area contributed by atoms with Crippen LogP contribution in [0.4, 0.5) is 0 Å². The van der Waals surface area contributed by atoms with E-state index in [4.69, 9.17) is 0 Å². The number of pyridine rings is 1. The molecule has 4 heteroatoms. The van der Waals surface area contributed by atoms with E-state index >= 15 is 0 Å². The molecule has 1 aromatic heterocycles. The Bertz CT molecular complexity index is 719. The zero-order valence-electron chi connectivity index (χ0n) is 15.3. The van der Waals surface area contributed by atoms with Crippen LogP contribution in [0, 0.1) is 11.8 Å². The van der Waals surface area contributed by atoms with Gasteiger partial charge in [0.25, 0.3) is 0 Å². The number of fused-ring (bicyclic) bond motifs is 1. The monoisotopic (exact) mass is 349 g/mol. The molecular formula is C22H27N3O. The van der Waals surface area contributed by atoms with Crippen molar-refractivity contribution in [3.05, 3.63) is 66.0 Å². The highest BCUT2D eigenvalue weighted by Gasteiger charge is 2.34. The Morgan fingerprint density at radius 2 is 1.73 bits per heavy atom. The van der Waals surface area contributed by atoms with Crippen molar-refractivity contribution in [2.24, 2.45) is 11.8 Å². The summed E-state index contributed by atoms with van der Waals surface area (Å²) >= 11 is 0. The van der Waals surface area contributed by atoms with Gasteiger partial charge in [-0.25, -0.2) is 0 Å². The van der Waals surface area contributed by atoms with Crippen LogP contribution in [0.2, 0.25) is 0 Å². The predicted octanol–water partition coefficient (Wildman–Crippen LogP) is 3.34. The molecule has 0 unspecified atom stereocenters. The van der Waals surface area contributed by atoms with Crippen molar-refractivity contribution in [1.82, 2.24) is 14.8 Å². The highest BCUT2D eigenvalue weighted by molar-refractivity contribution is 5.76. The van der Waals surface area contributed by atoms with Crippen molar-refractivity contribution in [2.45, 2.75) is 32.4 Å². The van der Waals surface area contributed by atoms with Gasteiger partial charge in [-0.2, -0.15) is 0 Å². The number of carbonyl (C=O) groups excluding carboxylic acids is 1. The van der Waals surface area contributed by atoms with Crippen LogP contribution in [0.3, 0.4) is 0 Å². The maximum absolute atomic E-state index is 12.7. The van der Waals surface area contributed by atoms with Crippen LogP contribution in [-0.4, -0.2) is 40.3 Å². The number of piperidine rings is 1. The van der Waals surface area contributed by atoms with E-state index in [-0.39, 0.29) is 0 Å². The first kappa shape index (κ1) is 17.2. The third-order valence-corrected chi connectivity index (χ3v) is 5.88. The topological polar surface area (TPSA) is 36.4 Å². The number of nitrogens with zero attached hydrogens (tertiary/aromatic N) is 3. The fourth-order valence-electron chi connectivity index (χ4n) is 4.42. The second-order valence-electron chi connectivity index (χ2n) is 7.70. The Kier molecular flexibility index (Phi) is 5.30. The van der Waals surface area contributed by atoms with Gasteiger partial charge in [-0.1, -0.05) is 36.4 Å². The molecule has 2 aliphatic heterocycles.